The second-order valence-electron chi connectivity index (χ2n) is 5.87. The molecule has 0 aliphatic heterocycles. The molecule has 0 saturated heterocycles. The summed E-state index contributed by atoms with van der Waals surface area (Å²) in [5.74, 6) is -0.339. The summed E-state index contributed by atoms with van der Waals surface area (Å²) in [5, 5.41) is 1.74. The second kappa shape index (κ2) is 8.69. The standard InChI is InChI=1S/C18H24O3S/c1-15-8-10-16(11-9-15)22(20)14-13-18(2,3)12-6-5-7-17(19)21-4/h5,7-11,13-14H,6,12H2,1-4H3/b7-5-,14-13+/t22-/m1/s1. The molecule has 3 nitrogen and oxygen atoms in total. The number of esters is 1. The summed E-state index contributed by atoms with van der Waals surface area (Å²) in [6.45, 7) is 6.18. The average Bonchev–Trinajstić information content (AvgIpc) is 2.49. The maximum atomic E-state index is 12.2. The second-order valence-corrected chi connectivity index (χ2v) is 7.20. The smallest absolute Gasteiger partial charge is 0.330 e. The third-order valence-corrected chi connectivity index (χ3v) is 4.43. The van der Waals surface area contributed by atoms with Crippen LogP contribution in [0, 0.1) is 12.3 Å². The molecule has 0 radical (unpaired) electrons. The van der Waals surface area contributed by atoms with Crippen molar-refractivity contribution in [2.24, 2.45) is 5.41 Å². The number of ether oxygens (including phenoxy) is 1. The molecule has 0 unspecified atom stereocenters. The van der Waals surface area contributed by atoms with Gasteiger partial charge in [0, 0.05) is 16.4 Å². The van der Waals surface area contributed by atoms with Crippen LogP contribution in [0.25, 0.3) is 0 Å². The zero-order valence-electron chi connectivity index (χ0n) is 13.7. The fraction of sp³-hybridized carbons (Fsp3) is 0.389. The summed E-state index contributed by atoms with van der Waals surface area (Å²) in [5.41, 5.74) is 1.07. The Morgan fingerprint density at radius 1 is 1.27 bits per heavy atom. The Kier molecular flexibility index (Phi) is 7.25. The number of hydrogen-bond acceptors (Lipinski definition) is 3. The Morgan fingerprint density at radius 3 is 2.50 bits per heavy atom. The third kappa shape index (κ3) is 6.85. The highest BCUT2D eigenvalue weighted by molar-refractivity contribution is 7.88. The summed E-state index contributed by atoms with van der Waals surface area (Å²) in [4.78, 5) is 11.8. The lowest BCUT2D eigenvalue weighted by atomic mass is 9.88. The highest BCUT2D eigenvalue weighted by atomic mass is 32.2. The average molecular weight is 320 g/mol. The van der Waals surface area contributed by atoms with E-state index in [0.29, 0.717) is 0 Å². The van der Waals surface area contributed by atoms with Gasteiger partial charge >= 0.3 is 5.97 Å². The molecule has 0 aliphatic rings. The van der Waals surface area contributed by atoms with Crippen molar-refractivity contribution >= 4 is 16.8 Å². The first-order valence-electron chi connectivity index (χ1n) is 7.25. The van der Waals surface area contributed by atoms with E-state index in [1.54, 1.807) is 11.5 Å². The summed E-state index contributed by atoms with van der Waals surface area (Å²) in [6, 6.07) is 7.71. The highest BCUT2D eigenvalue weighted by Crippen LogP contribution is 2.25. The number of rotatable bonds is 7. The van der Waals surface area contributed by atoms with Crippen LogP contribution in [0.15, 0.2) is 52.8 Å². The molecule has 0 heterocycles. The van der Waals surface area contributed by atoms with Gasteiger partial charge in [-0.15, -0.1) is 0 Å². The molecule has 1 aromatic carbocycles. The predicted octanol–water partition coefficient (Wildman–Crippen LogP) is 4.15. The van der Waals surface area contributed by atoms with E-state index in [1.165, 1.54) is 13.2 Å². The molecule has 4 heteroatoms. The van der Waals surface area contributed by atoms with E-state index in [1.807, 2.05) is 37.3 Å². The molecule has 0 aliphatic carbocycles. The molecular weight excluding hydrogens is 296 g/mol. The van der Waals surface area contributed by atoms with Gasteiger partial charge in [0.15, 0.2) is 0 Å². The lowest BCUT2D eigenvalue weighted by molar-refractivity contribution is -0.134. The molecular formula is C18H24O3S. The monoisotopic (exact) mass is 320 g/mol. The summed E-state index contributed by atoms with van der Waals surface area (Å²) < 4.78 is 16.7. The quantitative estimate of drug-likeness (QED) is 0.560. The van der Waals surface area contributed by atoms with Gasteiger partial charge < -0.3 is 4.74 Å². The van der Waals surface area contributed by atoms with Gasteiger partial charge in [-0.25, -0.2) is 9.00 Å². The van der Waals surface area contributed by atoms with Crippen LogP contribution in [0.3, 0.4) is 0 Å². The summed E-state index contributed by atoms with van der Waals surface area (Å²) in [6.07, 6.45) is 6.85. The normalized spacial score (nSPS) is 13.6. The Hall–Kier alpha value is -1.68. The van der Waals surface area contributed by atoms with Gasteiger partial charge in [-0.3, -0.25) is 0 Å². The summed E-state index contributed by atoms with van der Waals surface area (Å²) in [7, 11) is 0.234. The van der Waals surface area contributed by atoms with E-state index in [-0.39, 0.29) is 11.4 Å². The van der Waals surface area contributed by atoms with Gasteiger partial charge in [0.1, 0.15) is 0 Å². The van der Waals surface area contributed by atoms with Crippen molar-refractivity contribution in [3.63, 3.8) is 0 Å². The van der Waals surface area contributed by atoms with E-state index in [2.05, 4.69) is 18.6 Å². The van der Waals surface area contributed by atoms with Crippen molar-refractivity contribution in [3.05, 3.63) is 53.5 Å². The Morgan fingerprint density at radius 2 is 1.91 bits per heavy atom. The zero-order chi connectivity index (χ0) is 16.6. The molecule has 1 rings (SSSR count). The van der Waals surface area contributed by atoms with E-state index in [4.69, 9.17) is 0 Å². The minimum atomic E-state index is -1.13. The number of carbonyl (C=O) groups is 1. The maximum Gasteiger partial charge on any atom is 0.330 e. The Bertz CT molecular complexity index is 568. The highest BCUT2D eigenvalue weighted by Gasteiger charge is 2.13. The molecule has 22 heavy (non-hydrogen) atoms. The van der Waals surface area contributed by atoms with Crippen LogP contribution >= 0.6 is 0 Å². The SMILES string of the molecule is COC(=O)/C=C\CCC(C)(C)/C=C/[S@@](=O)c1ccc(C)cc1. The van der Waals surface area contributed by atoms with Crippen molar-refractivity contribution in [3.8, 4) is 0 Å². The fourth-order valence-electron chi connectivity index (χ4n) is 1.78. The van der Waals surface area contributed by atoms with Crippen LogP contribution in [0.4, 0.5) is 0 Å². The lowest BCUT2D eigenvalue weighted by Crippen LogP contribution is -2.07. The third-order valence-electron chi connectivity index (χ3n) is 3.31. The molecule has 0 fully saturated rings. The van der Waals surface area contributed by atoms with Gasteiger partial charge in [0.2, 0.25) is 0 Å². The maximum absolute atomic E-state index is 12.2. The van der Waals surface area contributed by atoms with Gasteiger partial charge in [-0.2, -0.15) is 0 Å². The topological polar surface area (TPSA) is 43.4 Å². The number of benzene rings is 1. The van der Waals surface area contributed by atoms with Crippen LogP contribution in [-0.2, 0) is 20.3 Å². The Balaban J connectivity index is 2.55. The zero-order valence-corrected chi connectivity index (χ0v) is 14.5. The number of carbonyl (C=O) groups excluding carboxylic acids is 1. The van der Waals surface area contributed by atoms with Gasteiger partial charge in [0.05, 0.1) is 17.9 Å². The van der Waals surface area contributed by atoms with Gasteiger partial charge in [0.25, 0.3) is 0 Å². The van der Waals surface area contributed by atoms with Crippen molar-refractivity contribution in [2.75, 3.05) is 7.11 Å². The van der Waals surface area contributed by atoms with Gasteiger partial charge in [-0.1, -0.05) is 43.7 Å². The first kappa shape index (κ1) is 18.4. The molecule has 0 bridgehead atoms. The first-order chi connectivity index (χ1) is 10.3. The molecule has 1 atom stereocenters. The van der Waals surface area contributed by atoms with Crippen LogP contribution in [0.1, 0.15) is 32.3 Å². The van der Waals surface area contributed by atoms with E-state index in [9.17, 15) is 9.00 Å². The summed E-state index contributed by atoms with van der Waals surface area (Å²) >= 11 is 0. The number of hydrogen-bond donors (Lipinski definition) is 0. The van der Waals surface area contributed by atoms with E-state index >= 15 is 0 Å². The number of methoxy groups -OCH3 is 1. The van der Waals surface area contributed by atoms with E-state index < -0.39 is 10.8 Å². The van der Waals surface area contributed by atoms with Crippen LogP contribution < -0.4 is 0 Å². The molecule has 0 amide bonds. The molecule has 0 aromatic heterocycles. The van der Waals surface area contributed by atoms with Crippen LogP contribution in [0.5, 0.6) is 0 Å². The first-order valence-corrected chi connectivity index (χ1v) is 8.46. The van der Waals surface area contributed by atoms with Crippen molar-refractivity contribution < 1.29 is 13.7 Å². The van der Waals surface area contributed by atoms with Crippen LogP contribution in [-0.4, -0.2) is 17.3 Å². The lowest BCUT2D eigenvalue weighted by Gasteiger charge is -2.18. The van der Waals surface area contributed by atoms with Crippen molar-refractivity contribution in [1.29, 1.82) is 0 Å². The molecule has 120 valence electrons. The number of allylic oxidation sites excluding steroid dienone is 2. The predicted molar refractivity (Wildman–Crippen MR) is 90.9 cm³/mol. The molecule has 0 spiro atoms. The molecule has 0 saturated carbocycles. The molecule has 1 aromatic rings. The minimum Gasteiger partial charge on any atom is -0.466 e. The van der Waals surface area contributed by atoms with Gasteiger partial charge in [-0.05, 0) is 37.3 Å². The van der Waals surface area contributed by atoms with Crippen molar-refractivity contribution in [2.45, 2.75) is 38.5 Å². The minimum absolute atomic E-state index is 0.0825. The number of aryl methyl sites for hydroxylation is 1. The largest absolute Gasteiger partial charge is 0.466 e. The van der Waals surface area contributed by atoms with Crippen LogP contribution in [0.2, 0.25) is 0 Å². The van der Waals surface area contributed by atoms with E-state index in [0.717, 1.165) is 23.3 Å². The Labute approximate surface area is 135 Å². The fourth-order valence-corrected chi connectivity index (χ4v) is 2.84. The van der Waals surface area contributed by atoms with Crippen molar-refractivity contribution in [1.82, 2.24) is 0 Å². The molecule has 0 N–H and O–H groups in total.